The molecule has 0 fully saturated rings. The van der Waals surface area contributed by atoms with Gasteiger partial charge in [0.15, 0.2) is 9.84 Å². The van der Waals surface area contributed by atoms with Crippen molar-refractivity contribution in [3.63, 3.8) is 0 Å². The van der Waals surface area contributed by atoms with E-state index in [1.807, 2.05) is 6.92 Å². The largest absolute Gasteiger partial charge is 0.478 e. The number of hydrogen-bond donors (Lipinski definition) is 1. The van der Waals surface area contributed by atoms with E-state index in [1.165, 1.54) is 24.3 Å². The van der Waals surface area contributed by atoms with Gasteiger partial charge in [-0.05, 0) is 43.8 Å². The molecule has 1 rings (SSSR count). The molecule has 1 aromatic rings. The van der Waals surface area contributed by atoms with Gasteiger partial charge in [-0.3, -0.25) is 0 Å². The number of unbranched alkanes of at least 4 members (excludes halogenated alkanes) is 1. The van der Waals surface area contributed by atoms with Crippen molar-refractivity contribution in [2.24, 2.45) is 0 Å². The summed E-state index contributed by atoms with van der Waals surface area (Å²) in [6, 6.07) is 5.37. The minimum Gasteiger partial charge on any atom is -0.478 e. The van der Waals surface area contributed by atoms with Gasteiger partial charge in [0, 0.05) is 6.54 Å². The summed E-state index contributed by atoms with van der Waals surface area (Å²) >= 11 is 0. The zero-order valence-corrected chi connectivity index (χ0v) is 13.4. The third-order valence-electron chi connectivity index (χ3n) is 3.41. The Kier molecular flexibility index (Phi) is 6.84. The number of hydrogen-bond acceptors (Lipinski definition) is 4. The summed E-state index contributed by atoms with van der Waals surface area (Å²) in [6.07, 6.45) is 2.14. The number of aromatic carboxylic acids is 1. The third kappa shape index (κ3) is 5.47. The Balaban J connectivity index is 2.70. The predicted molar refractivity (Wildman–Crippen MR) is 82.5 cm³/mol. The fraction of sp³-hybridized carbons (Fsp3) is 0.533. The Morgan fingerprint density at radius 3 is 2.24 bits per heavy atom. The number of rotatable bonds is 9. The first-order chi connectivity index (χ1) is 9.90. The number of nitrogens with zero attached hydrogens (tertiary/aromatic N) is 1. The molecule has 0 bridgehead atoms. The van der Waals surface area contributed by atoms with Crippen LogP contribution < -0.4 is 0 Å². The van der Waals surface area contributed by atoms with Gasteiger partial charge in [-0.2, -0.15) is 0 Å². The van der Waals surface area contributed by atoms with Crippen LogP contribution >= 0.6 is 0 Å². The lowest BCUT2D eigenvalue weighted by atomic mass is 10.2. The number of carboxylic acid groups (broad SMARTS) is 1. The monoisotopic (exact) mass is 313 g/mol. The van der Waals surface area contributed by atoms with Gasteiger partial charge in [-0.1, -0.05) is 20.3 Å². The van der Waals surface area contributed by atoms with E-state index in [9.17, 15) is 13.2 Å². The Morgan fingerprint density at radius 2 is 1.76 bits per heavy atom. The molecule has 1 N–H and O–H groups in total. The maximum Gasteiger partial charge on any atom is 0.335 e. The molecule has 0 saturated heterocycles. The molecule has 1 aromatic carbocycles. The van der Waals surface area contributed by atoms with E-state index in [0.29, 0.717) is 6.54 Å². The highest BCUT2D eigenvalue weighted by molar-refractivity contribution is 7.91. The lowest BCUT2D eigenvalue weighted by Gasteiger charge is -2.19. The first-order valence-electron chi connectivity index (χ1n) is 7.19. The van der Waals surface area contributed by atoms with Gasteiger partial charge in [0.25, 0.3) is 0 Å². The molecule has 0 spiro atoms. The normalized spacial score (nSPS) is 11.8. The van der Waals surface area contributed by atoms with Gasteiger partial charge in [-0.15, -0.1) is 0 Å². The molecule has 0 unspecified atom stereocenters. The standard InChI is InChI=1S/C15H23NO4S/c1-3-5-10-16(4-2)11-12-21(19,20)14-8-6-13(7-9-14)15(17)18/h6-9H,3-5,10-12H2,1-2H3,(H,17,18). The van der Waals surface area contributed by atoms with Crippen LogP contribution in [-0.4, -0.2) is 49.8 Å². The minimum absolute atomic E-state index is 0.0526. The minimum atomic E-state index is -3.37. The van der Waals surface area contributed by atoms with E-state index in [4.69, 9.17) is 5.11 Å². The molecule has 0 aliphatic rings. The van der Waals surface area contributed by atoms with Crippen LogP contribution in [0.2, 0.25) is 0 Å². The molecule has 0 aliphatic carbocycles. The summed E-state index contributed by atoms with van der Waals surface area (Å²) in [7, 11) is -3.37. The van der Waals surface area contributed by atoms with E-state index < -0.39 is 15.8 Å². The highest BCUT2D eigenvalue weighted by Crippen LogP contribution is 2.13. The first-order valence-corrected chi connectivity index (χ1v) is 8.84. The van der Waals surface area contributed by atoms with Crippen molar-refractivity contribution >= 4 is 15.8 Å². The van der Waals surface area contributed by atoms with Crippen molar-refractivity contribution in [3.8, 4) is 0 Å². The Labute approximate surface area is 126 Å². The summed E-state index contributed by atoms with van der Waals surface area (Å²) in [5.74, 6) is -1.01. The van der Waals surface area contributed by atoms with Crippen LogP contribution in [0.3, 0.4) is 0 Å². The molecule has 0 amide bonds. The van der Waals surface area contributed by atoms with Crippen LogP contribution in [0.25, 0.3) is 0 Å². The zero-order valence-electron chi connectivity index (χ0n) is 12.6. The first kappa shape index (κ1) is 17.7. The second kappa shape index (κ2) is 8.14. The van der Waals surface area contributed by atoms with Crippen molar-refractivity contribution in [2.75, 3.05) is 25.4 Å². The highest BCUT2D eigenvalue weighted by atomic mass is 32.2. The SMILES string of the molecule is CCCCN(CC)CCS(=O)(=O)c1ccc(C(=O)O)cc1. The van der Waals surface area contributed by atoms with Gasteiger partial charge in [0.05, 0.1) is 16.2 Å². The molecule has 0 radical (unpaired) electrons. The molecule has 0 aliphatic heterocycles. The Hall–Kier alpha value is -1.40. The van der Waals surface area contributed by atoms with Crippen molar-refractivity contribution in [2.45, 2.75) is 31.6 Å². The molecule has 0 saturated carbocycles. The van der Waals surface area contributed by atoms with Gasteiger partial charge in [0.1, 0.15) is 0 Å². The van der Waals surface area contributed by atoms with E-state index in [0.717, 1.165) is 25.9 Å². The molecule has 6 heteroatoms. The summed E-state index contributed by atoms with van der Waals surface area (Å²) in [6.45, 7) is 6.35. The molecule has 0 aromatic heterocycles. The molecule has 0 heterocycles. The van der Waals surface area contributed by atoms with Crippen LogP contribution in [0, 0.1) is 0 Å². The zero-order chi connectivity index (χ0) is 15.9. The van der Waals surface area contributed by atoms with Crippen molar-refractivity contribution in [1.82, 2.24) is 4.90 Å². The van der Waals surface area contributed by atoms with Crippen molar-refractivity contribution in [3.05, 3.63) is 29.8 Å². The fourth-order valence-corrected chi connectivity index (χ4v) is 3.27. The van der Waals surface area contributed by atoms with Crippen molar-refractivity contribution < 1.29 is 18.3 Å². The molecule has 0 atom stereocenters. The molecular formula is C15H23NO4S. The van der Waals surface area contributed by atoms with Crippen LogP contribution in [-0.2, 0) is 9.84 Å². The number of benzene rings is 1. The number of carboxylic acids is 1. The average molecular weight is 313 g/mol. The maximum absolute atomic E-state index is 12.2. The van der Waals surface area contributed by atoms with Crippen LogP contribution in [0.5, 0.6) is 0 Å². The van der Waals surface area contributed by atoms with Crippen LogP contribution in [0.15, 0.2) is 29.2 Å². The smallest absolute Gasteiger partial charge is 0.335 e. The number of carbonyl (C=O) groups is 1. The van der Waals surface area contributed by atoms with Crippen molar-refractivity contribution in [1.29, 1.82) is 0 Å². The lowest BCUT2D eigenvalue weighted by molar-refractivity contribution is 0.0696. The summed E-state index contributed by atoms with van der Waals surface area (Å²) < 4.78 is 24.5. The fourth-order valence-electron chi connectivity index (χ4n) is 1.98. The topological polar surface area (TPSA) is 74.7 Å². The van der Waals surface area contributed by atoms with Gasteiger partial charge < -0.3 is 10.0 Å². The molecule has 5 nitrogen and oxygen atoms in total. The Morgan fingerprint density at radius 1 is 1.14 bits per heavy atom. The van der Waals surface area contributed by atoms with E-state index in [1.54, 1.807) is 0 Å². The van der Waals surface area contributed by atoms with E-state index >= 15 is 0 Å². The van der Waals surface area contributed by atoms with Gasteiger partial charge in [0.2, 0.25) is 0 Å². The average Bonchev–Trinajstić information content (AvgIpc) is 2.47. The van der Waals surface area contributed by atoms with Crippen LogP contribution in [0.1, 0.15) is 37.0 Å². The molecule has 21 heavy (non-hydrogen) atoms. The number of sulfone groups is 1. The van der Waals surface area contributed by atoms with Crippen LogP contribution in [0.4, 0.5) is 0 Å². The molecule has 118 valence electrons. The second-order valence-corrected chi connectivity index (χ2v) is 7.05. The highest BCUT2D eigenvalue weighted by Gasteiger charge is 2.16. The second-order valence-electron chi connectivity index (χ2n) is 4.94. The summed E-state index contributed by atoms with van der Waals surface area (Å²) in [4.78, 5) is 13.1. The molecular weight excluding hydrogens is 290 g/mol. The predicted octanol–water partition coefficient (Wildman–Crippen LogP) is 2.28. The van der Waals surface area contributed by atoms with Gasteiger partial charge in [-0.25, -0.2) is 13.2 Å². The van der Waals surface area contributed by atoms with E-state index in [2.05, 4.69) is 11.8 Å². The quantitative estimate of drug-likeness (QED) is 0.757. The lowest BCUT2D eigenvalue weighted by Crippen LogP contribution is -2.30. The Bertz CT molecular complexity index is 552. The van der Waals surface area contributed by atoms with Gasteiger partial charge >= 0.3 is 5.97 Å². The summed E-state index contributed by atoms with van der Waals surface area (Å²) in [5.41, 5.74) is 0.0899. The summed E-state index contributed by atoms with van der Waals surface area (Å²) in [5, 5.41) is 8.81. The maximum atomic E-state index is 12.2. The third-order valence-corrected chi connectivity index (χ3v) is 5.12. The van der Waals surface area contributed by atoms with E-state index in [-0.39, 0.29) is 16.2 Å².